The Balaban J connectivity index is 2.21. The number of hydrogen-bond acceptors (Lipinski definition) is 3. The summed E-state index contributed by atoms with van der Waals surface area (Å²) in [6.45, 7) is 2.80. The van der Waals surface area contributed by atoms with E-state index in [1.54, 1.807) is 6.92 Å². The predicted octanol–water partition coefficient (Wildman–Crippen LogP) is 1.36. The number of aromatic nitrogens is 2. The number of aromatic amines is 1. The summed E-state index contributed by atoms with van der Waals surface area (Å²) in [7, 11) is -3.43. The number of hydrogen-bond donors (Lipinski definition) is 1. The highest BCUT2D eigenvalue weighted by Crippen LogP contribution is 2.23. The zero-order valence-corrected chi connectivity index (χ0v) is 11.3. The number of nitrogens with zero attached hydrogens (tertiary/aromatic N) is 2. The number of H-pyrrole nitrogens is 1. The molecule has 1 saturated heterocycles. The Morgan fingerprint density at radius 3 is 3.00 bits per heavy atom. The number of halogens is 1. The zero-order chi connectivity index (χ0) is 12.5. The van der Waals surface area contributed by atoms with Gasteiger partial charge in [0.15, 0.2) is 5.03 Å². The van der Waals surface area contributed by atoms with Crippen LogP contribution < -0.4 is 0 Å². The lowest BCUT2D eigenvalue weighted by molar-refractivity contribution is 0.283. The number of imidazole rings is 1. The van der Waals surface area contributed by atoms with E-state index >= 15 is 0 Å². The molecule has 17 heavy (non-hydrogen) atoms. The summed E-state index contributed by atoms with van der Waals surface area (Å²) in [5, 5.41) is 0.172. The number of sulfonamides is 1. The van der Waals surface area contributed by atoms with E-state index in [0.29, 0.717) is 24.8 Å². The topological polar surface area (TPSA) is 66.1 Å². The molecule has 1 unspecified atom stereocenters. The zero-order valence-electron chi connectivity index (χ0n) is 9.69. The molecule has 0 amide bonds. The molecule has 1 fully saturated rings. The molecule has 0 aromatic carbocycles. The third-order valence-corrected chi connectivity index (χ3v) is 5.21. The van der Waals surface area contributed by atoms with E-state index < -0.39 is 10.0 Å². The summed E-state index contributed by atoms with van der Waals surface area (Å²) in [6.07, 6.45) is 3.23. The fraction of sp³-hybridized carbons (Fsp3) is 0.700. The van der Waals surface area contributed by atoms with Gasteiger partial charge in [0, 0.05) is 19.0 Å². The van der Waals surface area contributed by atoms with Crippen molar-refractivity contribution < 1.29 is 8.42 Å². The summed E-state index contributed by atoms with van der Waals surface area (Å²) in [5.74, 6) is 1.37. The first kappa shape index (κ1) is 12.9. The standard InChI is InChI=1S/C10H16ClN3O2S/c1-8-12-6-10(13-8)17(15,16)14-4-2-3-9(5-11)7-14/h6,9H,2-5,7H2,1H3,(H,12,13). The quantitative estimate of drug-likeness (QED) is 0.849. The van der Waals surface area contributed by atoms with Gasteiger partial charge >= 0.3 is 0 Å². The van der Waals surface area contributed by atoms with Crippen LogP contribution in [0.5, 0.6) is 0 Å². The summed E-state index contributed by atoms with van der Waals surface area (Å²) < 4.78 is 26.0. The highest BCUT2D eigenvalue weighted by atomic mass is 35.5. The Morgan fingerprint density at radius 1 is 1.65 bits per heavy atom. The lowest BCUT2D eigenvalue weighted by atomic mass is 10.0. The van der Waals surface area contributed by atoms with Gasteiger partial charge in [-0.2, -0.15) is 4.31 Å². The number of alkyl halides is 1. The van der Waals surface area contributed by atoms with Crippen molar-refractivity contribution in [2.75, 3.05) is 19.0 Å². The van der Waals surface area contributed by atoms with Gasteiger partial charge in [0.25, 0.3) is 10.0 Å². The number of nitrogens with one attached hydrogen (secondary N) is 1. The first-order valence-corrected chi connectivity index (χ1v) is 7.59. The van der Waals surface area contributed by atoms with Crippen LogP contribution in [-0.4, -0.2) is 41.7 Å². The summed E-state index contributed by atoms with van der Waals surface area (Å²) in [4.78, 5) is 6.70. The molecule has 0 saturated carbocycles. The first-order valence-electron chi connectivity index (χ1n) is 5.61. The van der Waals surface area contributed by atoms with Crippen LogP contribution in [0.25, 0.3) is 0 Å². The third-order valence-electron chi connectivity index (χ3n) is 3.00. The molecule has 0 bridgehead atoms. The Kier molecular flexibility index (Phi) is 3.75. The fourth-order valence-electron chi connectivity index (χ4n) is 2.04. The molecule has 1 aromatic heterocycles. The molecule has 0 radical (unpaired) electrons. The van der Waals surface area contributed by atoms with Gasteiger partial charge in [0.05, 0.1) is 6.20 Å². The molecule has 7 heteroatoms. The van der Waals surface area contributed by atoms with E-state index in [-0.39, 0.29) is 10.9 Å². The van der Waals surface area contributed by atoms with Crippen LogP contribution in [0, 0.1) is 12.8 Å². The van der Waals surface area contributed by atoms with Crippen molar-refractivity contribution in [3.05, 3.63) is 12.0 Å². The highest BCUT2D eigenvalue weighted by molar-refractivity contribution is 7.89. The van der Waals surface area contributed by atoms with Crippen molar-refractivity contribution in [1.82, 2.24) is 14.3 Å². The lowest BCUT2D eigenvalue weighted by Gasteiger charge is -2.30. The van der Waals surface area contributed by atoms with E-state index in [0.717, 1.165) is 12.8 Å². The van der Waals surface area contributed by atoms with Crippen molar-refractivity contribution in [1.29, 1.82) is 0 Å². The molecule has 0 aliphatic carbocycles. The first-order chi connectivity index (χ1) is 8.04. The molecule has 0 spiro atoms. The van der Waals surface area contributed by atoms with Gasteiger partial charge in [0.2, 0.25) is 0 Å². The van der Waals surface area contributed by atoms with Gasteiger partial charge < -0.3 is 4.98 Å². The predicted molar refractivity (Wildman–Crippen MR) is 65.5 cm³/mol. The normalized spacial score (nSPS) is 22.8. The molecule has 2 heterocycles. The average molecular weight is 278 g/mol. The summed E-state index contributed by atoms with van der Waals surface area (Å²) in [5.41, 5.74) is 0. The van der Waals surface area contributed by atoms with E-state index in [1.807, 2.05) is 0 Å². The van der Waals surface area contributed by atoms with Gasteiger partial charge in [-0.25, -0.2) is 13.4 Å². The number of rotatable bonds is 3. The minimum Gasteiger partial charge on any atom is -0.332 e. The maximum absolute atomic E-state index is 12.3. The highest BCUT2D eigenvalue weighted by Gasteiger charge is 2.30. The van der Waals surface area contributed by atoms with Crippen LogP contribution in [0.15, 0.2) is 11.2 Å². The molecule has 1 aliphatic heterocycles. The Bertz CT molecular complexity index is 485. The second kappa shape index (κ2) is 4.96. The number of aryl methyl sites for hydroxylation is 1. The Hall–Kier alpha value is -0.590. The number of piperidine rings is 1. The van der Waals surface area contributed by atoms with Gasteiger partial charge in [-0.15, -0.1) is 11.6 Å². The molecule has 96 valence electrons. The average Bonchev–Trinajstić information content (AvgIpc) is 2.76. The molecule has 1 aliphatic rings. The molecule has 1 N–H and O–H groups in total. The Morgan fingerprint density at radius 2 is 2.41 bits per heavy atom. The van der Waals surface area contributed by atoms with Crippen molar-refractivity contribution >= 4 is 21.6 Å². The van der Waals surface area contributed by atoms with Gasteiger partial charge in [-0.05, 0) is 25.7 Å². The van der Waals surface area contributed by atoms with Crippen molar-refractivity contribution in [3.8, 4) is 0 Å². The van der Waals surface area contributed by atoms with Crippen LogP contribution in [-0.2, 0) is 10.0 Å². The smallest absolute Gasteiger partial charge is 0.260 e. The summed E-state index contributed by atoms with van der Waals surface area (Å²) in [6, 6.07) is 0. The molecule has 1 aromatic rings. The van der Waals surface area contributed by atoms with Crippen LogP contribution in [0.3, 0.4) is 0 Å². The van der Waals surface area contributed by atoms with Crippen LogP contribution >= 0.6 is 11.6 Å². The van der Waals surface area contributed by atoms with Gasteiger partial charge in [-0.3, -0.25) is 0 Å². The van der Waals surface area contributed by atoms with E-state index in [4.69, 9.17) is 11.6 Å². The summed E-state index contributed by atoms with van der Waals surface area (Å²) >= 11 is 5.80. The lowest BCUT2D eigenvalue weighted by Crippen LogP contribution is -2.40. The molecular formula is C10H16ClN3O2S. The largest absolute Gasteiger partial charge is 0.332 e. The second-order valence-corrected chi connectivity index (χ2v) is 6.57. The maximum Gasteiger partial charge on any atom is 0.260 e. The van der Waals surface area contributed by atoms with E-state index in [2.05, 4.69) is 9.97 Å². The molecular weight excluding hydrogens is 262 g/mol. The third kappa shape index (κ3) is 2.64. The van der Waals surface area contributed by atoms with E-state index in [9.17, 15) is 8.42 Å². The minimum atomic E-state index is -3.43. The van der Waals surface area contributed by atoms with Crippen molar-refractivity contribution in [3.63, 3.8) is 0 Å². The fourth-order valence-corrected chi connectivity index (χ4v) is 3.81. The molecule has 2 rings (SSSR count). The maximum atomic E-state index is 12.3. The van der Waals surface area contributed by atoms with Crippen molar-refractivity contribution in [2.24, 2.45) is 5.92 Å². The second-order valence-electron chi connectivity index (χ2n) is 4.36. The SMILES string of the molecule is Cc1ncc(S(=O)(=O)N2CCCC(CCl)C2)[nH]1. The Labute approximate surface area is 106 Å². The van der Waals surface area contributed by atoms with Crippen LogP contribution in [0.2, 0.25) is 0 Å². The minimum absolute atomic E-state index is 0.172. The van der Waals surface area contributed by atoms with Gasteiger partial charge in [-0.1, -0.05) is 0 Å². The van der Waals surface area contributed by atoms with Crippen LogP contribution in [0.4, 0.5) is 0 Å². The van der Waals surface area contributed by atoms with Crippen LogP contribution in [0.1, 0.15) is 18.7 Å². The van der Waals surface area contributed by atoms with Gasteiger partial charge in [0.1, 0.15) is 5.82 Å². The molecule has 5 nitrogen and oxygen atoms in total. The molecule has 1 atom stereocenters. The van der Waals surface area contributed by atoms with E-state index in [1.165, 1.54) is 10.5 Å². The van der Waals surface area contributed by atoms with Crippen molar-refractivity contribution in [2.45, 2.75) is 24.8 Å². The monoisotopic (exact) mass is 277 g/mol.